The molecule has 0 aromatic rings. The van der Waals surface area contributed by atoms with Gasteiger partial charge in [0.05, 0.1) is 49.6 Å². The summed E-state index contributed by atoms with van der Waals surface area (Å²) < 4.78 is 44.3. The van der Waals surface area contributed by atoms with Crippen LogP contribution in [0.5, 0.6) is 0 Å². The highest BCUT2D eigenvalue weighted by atomic mass is 32.2. The van der Waals surface area contributed by atoms with Gasteiger partial charge in [-0.2, -0.15) is 0 Å². The first kappa shape index (κ1) is 21.8. The summed E-state index contributed by atoms with van der Waals surface area (Å²) in [6.45, 7) is 9.17. The van der Waals surface area contributed by atoms with Crippen LogP contribution in [0.1, 0.15) is 51.9 Å². The van der Waals surface area contributed by atoms with Crippen molar-refractivity contribution in [2.75, 3.05) is 58.4 Å². The molecule has 1 aliphatic heterocycles. The molecule has 0 spiro atoms. The van der Waals surface area contributed by atoms with Crippen molar-refractivity contribution in [3.63, 3.8) is 0 Å². The summed E-state index contributed by atoms with van der Waals surface area (Å²) in [5.41, 5.74) is 0. The van der Waals surface area contributed by atoms with E-state index in [-0.39, 0.29) is 5.75 Å². The number of ether oxygens (including phenoxy) is 2. The fourth-order valence-corrected chi connectivity index (χ4v) is 3.85. The van der Waals surface area contributed by atoms with E-state index in [0.717, 1.165) is 63.1 Å². The lowest BCUT2D eigenvalue weighted by atomic mass is 10.1. The van der Waals surface area contributed by atoms with Crippen molar-refractivity contribution in [2.24, 2.45) is 0 Å². The van der Waals surface area contributed by atoms with E-state index in [0.29, 0.717) is 19.6 Å². The van der Waals surface area contributed by atoms with Crippen LogP contribution in [0.4, 0.5) is 0 Å². The van der Waals surface area contributed by atoms with Gasteiger partial charge in [-0.1, -0.05) is 13.3 Å². The summed E-state index contributed by atoms with van der Waals surface area (Å²) >= 11 is 0. The van der Waals surface area contributed by atoms with Gasteiger partial charge in [-0.3, -0.25) is 0 Å². The molecule has 0 atom stereocenters. The van der Waals surface area contributed by atoms with Gasteiger partial charge in [-0.05, 0) is 38.5 Å². The molecule has 0 aromatic carbocycles. The quantitative estimate of drug-likeness (QED) is 0.268. The smallest absolute Gasteiger partial charge is 0.102 e. The first-order valence-electron chi connectivity index (χ1n) is 9.42. The first-order valence-corrected chi connectivity index (χ1v) is 11.0. The van der Waals surface area contributed by atoms with Gasteiger partial charge in [-0.25, -0.2) is 8.42 Å². The number of rotatable bonds is 14. The second-order valence-corrected chi connectivity index (χ2v) is 8.37. The van der Waals surface area contributed by atoms with Gasteiger partial charge in [0.15, 0.2) is 0 Å². The average molecular weight is 366 g/mol. The Kier molecular flexibility index (Phi) is 11.1. The maximum Gasteiger partial charge on any atom is 0.102 e. The zero-order chi connectivity index (χ0) is 17.7. The highest BCUT2D eigenvalue weighted by molar-refractivity contribution is 7.85. The first-order chi connectivity index (χ1) is 11.5. The number of hydrogen-bond donors (Lipinski definition) is 0. The van der Waals surface area contributed by atoms with Crippen molar-refractivity contribution in [3.8, 4) is 0 Å². The van der Waals surface area contributed by atoms with Crippen LogP contribution in [0.3, 0.4) is 0 Å². The minimum atomic E-state index is -4.08. The van der Waals surface area contributed by atoms with E-state index >= 15 is 0 Å². The highest BCUT2D eigenvalue weighted by Crippen LogP contribution is 2.20. The molecule has 0 unspecified atom stereocenters. The van der Waals surface area contributed by atoms with E-state index in [4.69, 9.17) is 9.47 Å². The lowest BCUT2D eigenvalue weighted by Crippen LogP contribution is -2.53. The molecule has 0 radical (unpaired) electrons. The van der Waals surface area contributed by atoms with Crippen molar-refractivity contribution in [1.29, 1.82) is 0 Å². The van der Waals surface area contributed by atoms with E-state index in [1.807, 2.05) is 0 Å². The summed E-state index contributed by atoms with van der Waals surface area (Å²) in [7, 11) is -4.08. The van der Waals surface area contributed by atoms with Crippen molar-refractivity contribution in [2.45, 2.75) is 51.9 Å². The molecule has 1 aliphatic rings. The number of likely N-dealkylation sites (tertiary alicyclic amines) is 1. The van der Waals surface area contributed by atoms with E-state index in [1.54, 1.807) is 0 Å². The van der Waals surface area contributed by atoms with Crippen molar-refractivity contribution >= 4 is 10.1 Å². The minimum Gasteiger partial charge on any atom is -0.748 e. The predicted molar refractivity (Wildman–Crippen MR) is 93.9 cm³/mol. The van der Waals surface area contributed by atoms with Crippen LogP contribution in [0, 0.1) is 0 Å². The summed E-state index contributed by atoms with van der Waals surface area (Å²) in [4.78, 5) is 0. The molecule has 1 heterocycles. The zero-order valence-corrected chi connectivity index (χ0v) is 16.0. The third kappa shape index (κ3) is 10.6. The molecule has 0 saturated carbocycles. The summed E-state index contributed by atoms with van der Waals surface area (Å²) in [6.07, 6.45) is 7.23. The molecule has 0 amide bonds. The summed E-state index contributed by atoms with van der Waals surface area (Å²) in [5.74, 6) is -0.238. The van der Waals surface area contributed by atoms with Crippen molar-refractivity contribution in [3.05, 3.63) is 0 Å². The monoisotopic (exact) mass is 365 g/mol. The Balaban J connectivity index is 2.21. The molecule has 6 nitrogen and oxygen atoms in total. The molecule has 0 aliphatic carbocycles. The fraction of sp³-hybridized carbons (Fsp3) is 1.00. The number of quaternary nitrogens is 1. The van der Waals surface area contributed by atoms with Crippen molar-refractivity contribution in [1.82, 2.24) is 0 Å². The third-order valence-electron chi connectivity index (χ3n) is 4.77. The molecular formula is C17H35NO5S. The summed E-state index contributed by atoms with van der Waals surface area (Å²) in [6, 6.07) is 0. The van der Waals surface area contributed by atoms with Crippen LogP contribution < -0.4 is 0 Å². The topological polar surface area (TPSA) is 75.7 Å². The van der Waals surface area contributed by atoms with Gasteiger partial charge in [0.1, 0.15) is 6.54 Å². The Morgan fingerprint density at radius 3 is 2.17 bits per heavy atom. The average Bonchev–Trinajstić information content (AvgIpc) is 2.54. The maximum atomic E-state index is 10.7. The number of hydrogen-bond acceptors (Lipinski definition) is 5. The Morgan fingerprint density at radius 1 is 0.875 bits per heavy atom. The van der Waals surface area contributed by atoms with E-state index in [1.165, 1.54) is 19.3 Å². The predicted octanol–water partition coefficient (Wildman–Crippen LogP) is 2.15. The van der Waals surface area contributed by atoms with E-state index < -0.39 is 10.1 Å². The van der Waals surface area contributed by atoms with Crippen LogP contribution in [-0.2, 0) is 19.6 Å². The molecular weight excluding hydrogens is 330 g/mol. The molecule has 1 rings (SSSR count). The zero-order valence-electron chi connectivity index (χ0n) is 15.2. The normalized spacial score (nSPS) is 17.9. The molecule has 7 heteroatoms. The van der Waals surface area contributed by atoms with Crippen LogP contribution >= 0.6 is 0 Å². The molecule has 1 fully saturated rings. The highest BCUT2D eigenvalue weighted by Gasteiger charge is 2.29. The number of piperidine rings is 1. The van der Waals surface area contributed by atoms with Crippen molar-refractivity contribution < 1.29 is 26.9 Å². The van der Waals surface area contributed by atoms with Crippen LogP contribution in [0.25, 0.3) is 0 Å². The molecule has 144 valence electrons. The maximum absolute atomic E-state index is 10.7. The standard InChI is InChI=1S/C17H35NO5S/c1-2-3-13-22-15-16-23-14-12-18(9-5-4-6-10-18)11-7-8-17-24(19,20)21/h2-17H2,1H3. The largest absolute Gasteiger partial charge is 0.748 e. The SMILES string of the molecule is CCCCOCCOCC[N+]1(CCCCS(=O)(=O)[O-])CCCCC1. The Morgan fingerprint density at radius 2 is 1.54 bits per heavy atom. The Bertz CT molecular complexity index is 407. The minimum absolute atomic E-state index is 0.238. The van der Waals surface area contributed by atoms with Gasteiger partial charge in [0, 0.05) is 12.4 Å². The van der Waals surface area contributed by atoms with Gasteiger partial charge < -0.3 is 18.5 Å². The lowest BCUT2D eigenvalue weighted by Gasteiger charge is -2.41. The molecule has 1 saturated heterocycles. The Labute approximate surface area is 147 Å². The van der Waals surface area contributed by atoms with E-state index in [2.05, 4.69) is 6.92 Å². The van der Waals surface area contributed by atoms with Crippen LogP contribution in [-0.4, -0.2) is 75.8 Å². The lowest BCUT2D eigenvalue weighted by molar-refractivity contribution is -0.933. The molecule has 0 aromatic heterocycles. The molecule has 0 bridgehead atoms. The summed E-state index contributed by atoms with van der Waals surface area (Å²) in [5, 5.41) is 0. The van der Waals surface area contributed by atoms with Gasteiger partial charge in [0.2, 0.25) is 0 Å². The number of nitrogens with zero attached hydrogens (tertiary/aromatic N) is 1. The van der Waals surface area contributed by atoms with Gasteiger partial charge in [-0.15, -0.1) is 0 Å². The molecule has 0 N–H and O–H groups in total. The number of unbranched alkanes of at least 4 members (excludes halogenated alkanes) is 2. The second-order valence-electron chi connectivity index (χ2n) is 6.84. The third-order valence-corrected chi connectivity index (χ3v) is 5.55. The second kappa shape index (κ2) is 12.2. The van der Waals surface area contributed by atoms with Gasteiger partial charge in [0.25, 0.3) is 0 Å². The van der Waals surface area contributed by atoms with Crippen LogP contribution in [0.2, 0.25) is 0 Å². The van der Waals surface area contributed by atoms with Gasteiger partial charge >= 0.3 is 0 Å². The van der Waals surface area contributed by atoms with Crippen LogP contribution in [0.15, 0.2) is 0 Å². The Hall–Kier alpha value is -0.210. The van der Waals surface area contributed by atoms with E-state index in [9.17, 15) is 13.0 Å². The molecule has 24 heavy (non-hydrogen) atoms. The fourth-order valence-electron chi connectivity index (χ4n) is 3.29.